The minimum Gasteiger partial charge on any atom is -0.478 e. The number of aryl methyl sites for hydroxylation is 1. The first-order valence-corrected chi connectivity index (χ1v) is 6.32. The summed E-state index contributed by atoms with van der Waals surface area (Å²) in [6.45, 7) is 4.22. The molecule has 0 heterocycles. The topological polar surface area (TPSA) is 58.6 Å². The van der Waals surface area contributed by atoms with E-state index in [1.807, 2.05) is 6.92 Å². The number of rotatable bonds is 7. The maximum atomic E-state index is 10.8. The summed E-state index contributed by atoms with van der Waals surface area (Å²) in [5.41, 5.74) is 2.23. The summed E-state index contributed by atoms with van der Waals surface area (Å²) in [5.74, 6) is -0.0981. The van der Waals surface area contributed by atoms with E-state index in [1.54, 1.807) is 18.2 Å². The van der Waals surface area contributed by atoms with Crippen molar-refractivity contribution in [3.05, 3.63) is 29.3 Å². The van der Waals surface area contributed by atoms with E-state index in [2.05, 4.69) is 5.32 Å². The molecule has 18 heavy (non-hydrogen) atoms. The van der Waals surface area contributed by atoms with Crippen molar-refractivity contribution in [2.45, 2.75) is 19.8 Å². The van der Waals surface area contributed by atoms with Crippen molar-refractivity contribution in [3.8, 4) is 0 Å². The van der Waals surface area contributed by atoms with Gasteiger partial charge >= 0.3 is 5.97 Å². The second kappa shape index (κ2) is 5.87. The van der Waals surface area contributed by atoms with Crippen LogP contribution in [-0.2, 0) is 4.74 Å². The van der Waals surface area contributed by atoms with Crippen LogP contribution in [0.25, 0.3) is 0 Å². The van der Waals surface area contributed by atoms with Gasteiger partial charge in [0, 0.05) is 18.8 Å². The summed E-state index contributed by atoms with van der Waals surface area (Å²) in [7, 11) is 0. The number of aromatic carboxylic acids is 1. The van der Waals surface area contributed by atoms with Gasteiger partial charge in [0.25, 0.3) is 0 Å². The van der Waals surface area contributed by atoms with Crippen molar-refractivity contribution in [1.82, 2.24) is 0 Å². The second-order valence-electron chi connectivity index (χ2n) is 4.78. The predicted octanol–water partition coefficient (Wildman–Crippen LogP) is 2.53. The van der Waals surface area contributed by atoms with E-state index in [9.17, 15) is 4.79 Å². The summed E-state index contributed by atoms with van der Waals surface area (Å²) >= 11 is 0. The van der Waals surface area contributed by atoms with Crippen LogP contribution in [0.3, 0.4) is 0 Å². The highest BCUT2D eigenvalue weighted by Crippen LogP contribution is 2.28. The maximum Gasteiger partial charge on any atom is 0.335 e. The highest BCUT2D eigenvalue weighted by molar-refractivity contribution is 5.88. The zero-order valence-corrected chi connectivity index (χ0v) is 10.6. The van der Waals surface area contributed by atoms with Crippen molar-refractivity contribution in [3.63, 3.8) is 0 Å². The van der Waals surface area contributed by atoms with Crippen LogP contribution in [0, 0.1) is 12.8 Å². The standard InChI is InChI=1S/C14H19NO3/c1-10-8-12(14(16)17)4-5-13(10)15-6-7-18-9-11-2-3-11/h4-5,8,11,15H,2-3,6-7,9H2,1H3,(H,16,17). The Bertz CT molecular complexity index is 427. The lowest BCUT2D eigenvalue weighted by Gasteiger charge is -2.10. The quantitative estimate of drug-likeness (QED) is 0.729. The van der Waals surface area contributed by atoms with Gasteiger partial charge in [-0.3, -0.25) is 0 Å². The van der Waals surface area contributed by atoms with Crippen LogP contribution >= 0.6 is 0 Å². The zero-order chi connectivity index (χ0) is 13.0. The van der Waals surface area contributed by atoms with Crippen LogP contribution in [0.5, 0.6) is 0 Å². The largest absolute Gasteiger partial charge is 0.478 e. The monoisotopic (exact) mass is 249 g/mol. The lowest BCUT2D eigenvalue weighted by Crippen LogP contribution is -2.11. The maximum absolute atomic E-state index is 10.8. The Labute approximate surface area is 107 Å². The third kappa shape index (κ3) is 3.74. The molecule has 1 fully saturated rings. The van der Waals surface area contributed by atoms with Crippen LogP contribution < -0.4 is 5.32 Å². The lowest BCUT2D eigenvalue weighted by atomic mass is 10.1. The van der Waals surface area contributed by atoms with Gasteiger partial charge in [0.1, 0.15) is 0 Å². The van der Waals surface area contributed by atoms with Crippen LogP contribution in [0.2, 0.25) is 0 Å². The van der Waals surface area contributed by atoms with E-state index < -0.39 is 5.97 Å². The highest BCUT2D eigenvalue weighted by Gasteiger charge is 2.20. The minimum absolute atomic E-state index is 0.322. The molecule has 98 valence electrons. The van der Waals surface area contributed by atoms with Gasteiger partial charge in [-0.05, 0) is 49.4 Å². The van der Waals surface area contributed by atoms with Crippen LogP contribution in [0.1, 0.15) is 28.8 Å². The Hall–Kier alpha value is -1.55. The molecule has 0 atom stereocenters. The van der Waals surface area contributed by atoms with E-state index in [0.717, 1.165) is 30.3 Å². The third-order valence-electron chi connectivity index (χ3n) is 3.09. The molecule has 0 bridgehead atoms. The minimum atomic E-state index is -0.891. The smallest absolute Gasteiger partial charge is 0.335 e. The molecule has 0 spiro atoms. The van der Waals surface area contributed by atoms with Gasteiger partial charge in [0.05, 0.1) is 12.2 Å². The number of carboxylic acid groups (broad SMARTS) is 1. The second-order valence-corrected chi connectivity index (χ2v) is 4.78. The number of hydrogen-bond donors (Lipinski definition) is 2. The fraction of sp³-hybridized carbons (Fsp3) is 0.500. The first-order chi connectivity index (χ1) is 8.66. The van der Waals surface area contributed by atoms with Crippen molar-refractivity contribution < 1.29 is 14.6 Å². The molecule has 0 amide bonds. The number of nitrogens with one attached hydrogen (secondary N) is 1. The predicted molar refractivity (Wildman–Crippen MR) is 70.2 cm³/mol. The lowest BCUT2D eigenvalue weighted by molar-refractivity contribution is 0.0697. The molecule has 0 unspecified atom stereocenters. The average molecular weight is 249 g/mol. The molecule has 4 heteroatoms. The summed E-state index contributed by atoms with van der Waals surface area (Å²) in [4.78, 5) is 10.8. The molecule has 1 aromatic carbocycles. The molecule has 0 aromatic heterocycles. The molecule has 1 saturated carbocycles. The van der Waals surface area contributed by atoms with Gasteiger partial charge in [-0.2, -0.15) is 0 Å². The number of carbonyl (C=O) groups is 1. The Morgan fingerprint density at radius 1 is 1.50 bits per heavy atom. The normalized spacial score (nSPS) is 14.5. The molecule has 0 saturated heterocycles. The van der Waals surface area contributed by atoms with Gasteiger partial charge in [-0.1, -0.05) is 0 Å². The van der Waals surface area contributed by atoms with Crippen LogP contribution in [0.15, 0.2) is 18.2 Å². The zero-order valence-electron chi connectivity index (χ0n) is 10.6. The van der Waals surface area contributed by atoms with Crippen molar-refractivity contribution >= 4 is 11.7 Å². The Balaban J connectivity index is 1.75. The van der Waals surface area contributed by atoms with Gasteiger partial charge in [0.15, 0.2) is 0 Å². The van der Waals surface area contributed by atoms with E-state index in [1.165, 1.54) is 12.8 Å². The van der Waals surface area contributed by atoms with E-state index in [-0.39, 0.29) is 0 Å². The van der Waals surface area contributed by atoms with Gasteiger partial charge in [-0.15, -0.1) is 0 Å². The number of ether oxygens (including phenoxy) is 1. The Morgan fingerprint density at radius 3 is 2.89 bits per heavy atom. The molecular formula is C14H19NO3. The number of anilines is 1. The van der Waals surface area contributed by atoms with E-state index >= 15 is 0 Å². The fourth-order valence-electron chi connectivity index (χ4n) is 1.79. The Morgan fingerprint density at radius 2 is 2.28 bits per heavy atom. The van der Waals surface area contributed by atoms with Crippen molar-refractivity contribution in [2.24, 2.45) is 5.92 Å². The van der Waals surface area contributed by atoms with E-state index in [0.29, 0.717) is 12.2 Å². The van der Waals surface area contributed by atoms with Gasteiger partial charge in [-0.25, -0.2) is 4.79 Å². The summed E-state index contributed by atoms with van der Waals surface area (Å²) in [6.07, 6.45) is 2.62. The van der Waals surface area contributed by atoms with Crippen molar-refractivity contribution in [1.29, 1.82) is 0 Å². The fourth-order valence-corrected chi connectivity index (χ4v) is 1.79. The van der Waals surface area contributed by atoms with Crippen LogP contribution in [-0.4, -0.2) is 30.8 Å². The van der Waals surface area contributed by atoms with E-state index in [4.69, 9.17) is 9.84 Å². The van der Waals surface area contributed by atoms with Crippen LogP contribution in [0.4, 0.5) is 5.69 Å². The first kappa shape index (κ1) is 12.9. The molecule has 1 aromatic rings. The molecule has 2 rings (SSSR count). The molecule has 2 N–H and O–H groups in total. The van der Waals surface area contributed by atoms with Gasteiger partial charge in [0.2, 0.25) is 0 Å². The van der Waals surface area contributed by atoms with Gasteiger partial charge < -0.3 is 15.2 Å². The highest BCUT2D eigenvalue weighted by atomic mass is 16.5. The average Bonchev–Trinajstić information content (AvgIpc) is 3.14. The molecule has 0 aliphatic heterocycles. The Kier molecular flexibility index (Phi) is 4.20. The third-order valence-corrected chi connectivity index (χ3v) is 3.09. The molecule has 4 nitrogen and oxygen atoms in total. The molecule has 1 aliphatic rings. The molecule has 0 radical (unpaired) electrons. The summed E-state index contributed by atoms with van der Waals surface area (Å²) < 4.78 is 5.52. The summed E-state index contributed by atoms with van der Waals surface area (Å²) in [6, 6.07) is 5.10. The number of carboxylic acids is 1. The number of benzene rings is 1. The molecular weight excluding hydrogens is 230 g/mol. The van der Waals surface area contributed by atoms with Crippen molar-refractivity contribution in [2.75, 3.05) is 25.1 Å². The molecule has 1 aliphatic carbocycles. The SMILES string of the molecule is Cc1cc(C(=O)O)ccc1NCCOCC1CC1. The first-order valence-electron chi connectivity index (χ1n) is 6.32. The number of hydrogen-bond acceptors (Lipinski definition) is 3. The summed E-state index contributed by atoms with van der Waals surface area (Å²) in [5, 5.41) is 12.1.